The molecule has 2 aromatic carbocycles. The first-order chi connectivity index (χ1) is 10.5. The van der Waals surface area contributed by atoms with Crippen LogP contribution in [0.4, 0.5) is 4.39 Å². The van der Waals surface area contributed by atoms with Gasteiger partial charge in [0.25, 0.3) is 0 Å². The molecule has 0 amide bonds. The number of carboxylic acids is 1. The van der Waals surface area contributed by atoms with E-state index in [2.05, 4.69) is 15.9 Å². The Morgan fingerprint density at radius 3 is 2.64 bits per heavy atom. The van der Waals surface area contributed by atoms with E-state index in [0.717, 1.165) is 5.56 Å². The zero-order valence-corrected chi connectivity index (χ0v) is 13.4. The monoisotopic (exact) mass is 364 g/mol. The SMILES string of the molecule is CC1(CF)Oc2c(C(=O)O)cc(Br)cc2C1c1ccccc1. The van der Waals surface area contributed by atoms with Gasteiger partial charge in [-0.05, 0) is 24.6 Å². The van der Waals surface area contributed by atoms with Crippen LogP contribution < -0.4 is 4.74 Å². The molecule has 114 valence electrons. The van der Waals surface area contributed by atoms with Gasteiger partial charge in [-0.1, -0.05) is 46.3 Å². The first kappa shape index (κ1) is 15.0. The van der Waals surface area contributed by atoms with Gasteiger partial charge < -0.3 is 9.84 Å². The summed E-state index contributed by atoms with van der Waals surface area (Å²) in [5, 5.41) is 9.38. The largest absolute Gasteiger partial charge is 0.483 e. The van der Waals surface area contributed by atoms with Crippen molar-refractivity contribution < 1.29 is 19.0 Å². The van der Waals surface area contributed by atoms with E-state index in [9.17, 15) is 14.3 Å². The van der Waals surface area contributed by atoms with Gasteiger partial charge in [0.2, 0.25) is 0 Å². The fourth-order valence-corrected chi connectivity index (χ4v) is 3.48. The van der Waals surface area contributed by atoms with Crippen molar-refractivity contribution in [3.63, 3.8) is 0 Å². The van der Waals surface area contributed by atoms with Crippen LogP contribution in [0.15, 0.2) is 46.9 Å². The molecule has 22 heavy (non-hydrogen) atoms. The summed E-state index contributed by atoms with van der Waals surface area (Å²) < 4.78 is 20.1. The normalized spacial score (nSPS) is 23.0. The van der Waals surface area contributed by atoms with Crippen molar-refractivity contribution in [2.45, 2.75) is 18.4 Å². The summed E-state index contributed by atoms with van der Waals surface area (Å²) in [6.45, 7) is 0.960. The smallest absolute Gasteiger partial charge is 0.339 e. The van der Waals surface area contributed by atoms with Crippen molar-refractivity contribution in [2.24, 2.45) is 0 Å². The van der Waals surface area contributed by atoms with Gasteiger partial charge in [-0.3, -0.25) is 0 Å². The van der Waals surface area contributed by atoms with Crippen molar-refractivity contribution >= 4 is 21.9 Å². The molecular formula is C17H14BrFO3. The molecule has 1 aliphatic rings. The lowest BCUT2D eigenvalue weighted by molar-refractivity contribution is 0.0614. The van der Waals surface area contributed by atoms with Crippen molar-refractivity contribution in [2.75, 3.05) is 6.67 Å². The third-order valence-electron chi connectivity index (χ3n) is 3.97. The summed E-state index contributed by atoms with van der Waals surface area (Å²) in [5.41, 5.74) is 0.519. The zero-order chi connectivity index (χ0) is 15.9. The van der Waals surface area contributed by atoms with E-state index in [1.54, 1.807) is 13.0 Å². The quantitative estimate of drug-likeness (QED) is 0.877. The first-order valence-corrected chi connectivity index (χ1v) is 7.62. The average Bonchev–Trinajstić information content (AvgIpc) is 2.80. The van der Waals surface area contributed by atoms with Gasteiger partial charge in [0, 0.05) is 10.0 Å². The van der Waals surface area contributed by atoms with Crippen molar-refractivity contribution in [1.82, 2.24) is 0 Å². The molecule has 0 fully saturated rings. The number of hydrogen-bond acceptors (Lipinski definition) is 2. The third kappa shape index (κ3) is 2.29. The minimum Gasteiger partial charge on any atom is -0.483 e. The molecule has 2 atom stereocenters. The van der Waals surface area contributed by atoms with Crippen molar-refractivity contribution in [3.8, 4) is 5.75 Å². The molecule has 0 aromatic heterocycles. The van der Waals surface area contributed by atoms with Crippen LogP contribution in [0.25, 0.3) is 0 Å². The maximum absolute atomic E-state index is 13.7. The molecule has 3 rings (SSSR count). The van der Waals surface area contributed by atoms with E-state index >= 15 is 0 Å². The summed E-state index contributed by atoms with van der Waals surface area (Å²) in [6.07, 6.45) is 0. The fraction of sp³-hybridized carbons (Fsp3) is 0.235. The average molecular weight is 365 g/mol. The Hall–Kier alpha value is -1.88. The highest BCUT2D eigenvalue weighted by atomic mass is 79.9. The van der Waals surface area contributed by atoms with Gasteiger partial charge in [-0.15, -0.1) is 0 Å². The molecule has 0 spiro atoms. The van der Waals surface area contributed by atoms with Crippen LogP contribution in [-0.4, -0.2) is 23.4 Å². The molecule has 5 heteroatoms. The summed E-state index contributed by atoms with van der Waals surface area (Å²) >= 11 is 3.33. The highest BCUT2D eigenvalue weighted by Gasteiger charge is 2.47. The maximum Gasteiger partial charge on any atom is 0.339 e. The molecule has 1 aliphatic heterocycles. The topological polar surface area (TPSA) is 46.5 Å². The maximum atomic E-state index is 13.7. The highest BCUT2D eigenvalue weighted by Crippen LogP contribution is 2.50. The number of benzene rings is 2. The molecule has 2 unspecified atom stereocenters. The summed E-state index contributed by atoms with van der Waals surface area (Å²) in [6, 6.07) is 12.7. The van der Waals surface area contributed by atoms with Gasteiger partial charge >= 0.3 is 5.97 Å². The number of rotatable bonds is 3. The predicted molar refractivity (Wildman–Crippen MR) is 84.4 cm³/mol. The summed E-state index contributed by atoms with van der Waals surface area (Å²) in [4.78, 5) is 11.5. The predicted octanol–water partition coefficient (Wildman–Crippen LogP) is 4.40. The van der Waals surface area contributed by atoms with Crippen LogP contribution in [0.5, 0.6) is 5.75 Å². The van der Waals surface area contributed by atoms with E-state index < -0.39 is 18.2 Å². The summed E-state index contributed by atoms with van der Waals surface area (Å²) in [7, 11) is 0. The van der Waals surface area contributed by atoms with Crippen molar-refractivity contribution in [1.29, 1.82) is 0 Å². The molecular weight excluding hydrogens is 351 g/mol. The Kier molecular flexibility index (Phi) is 3.68. The second-order valence-corrected chi connectivity index (χ2v) is 6.48. The number of carboxylic acid groups (broad SMARTS) is 1. The lowest BCUT2D eigenvalue weighted by Crippen LogP contribution is -2.37. The minimum atomic E-state index is -1.12. The van der Waals surface area contributed by atoms with Gasteiger partial charge in [-0.25, -0.2) is 9.18 Å². The highest BCUT2D eigenvalue weighted by molar-refractivity contribution is 9.10. The number of hydrogen-bond donors (Lipinski definition) is 1. The standard InChI is InChI=1S/C17H14BrFO3/c1-17(9-19)14(10-5-3-2-4-6-10)12-7-11(18)8-13(16(20)21)15(12)22-17/h2-8,14H,9H2,1H3,(H,20,21). The molecule has 0 bridgehead atoms. The van der Waals surface area contributed by atoms with Crippen LogP contribution in [0, 0.1) is 0 Å². The Bertz CT molecular complexity index is 732. The van der Waals surface area contributed by atoms with Crippen LogP contribution in [0.2, 0.25) is 0 Å². The van der Waals surface area contributed by atoms with Crippen LogP contribution in [0.1, 0.15) is 34.3 Å². The number of alkyl halides is 1. The van der Waals surface area contributed by atoms with Gasteiger partial charge in [0.05, 0.1) is 5.92 Å². The molecule has 1 N–H and O–H groups in total. The Morgan fingerprint density at radius 1 is 1.36 bits per heavy atom. The fourth-order valence-electron chi connectivity index (χ4n) is 3.00. The van der Waals surface area contributed by atoms with E-state index in [1.165, 1.54) is 6.07 Å². The van der Waals surface area contributed by atoms with E-state index in [-0.39, 0.29) is 17.2 Å². The number of carbonyl (C=O) groups is 1. The van der Waals surface area contributed by atoms with E-state index in [0.29, 0.717) is 10.0 Å². The van der Waals surface area contributed by atoms with Gasteiger partial charge in [0.1, 0.15) is 23.6 Å². The molecule has 0 radical (unpaired) electrons. The summed E-state index contributed by atoms with van der Waals surface area (Å²) in [5.74, 6) is -1.19. The van der Waals surface area contributed by atoms with Crippen molar-refractivity contribution in [3.05, 3.63) is 63.6 Å². The van der Waals surface area contributed by atoms with Gasteiger partial charge in [0.15, 0.2) is 0 Å². The molecule has 1 heterocycles. The molecule has 2 aromatic rings. The molecule has 3 nitrogen and oxygen atoms in total. The Balaban J connectivity index is 2.25. The van der Waals surface area contributed by atoms with E-state index in [1.807, 2.05) is 30.3 Å². The number of halogens is 2. The van der Waals surface area contributed by atoms with E-state index in [4.69, 9.17) is 4.74 Å². The lowest BCUT2D eigenvalue weighted by Gasteiger charge is -2.28. The second kappa shape index (κ2) is 5.39. The minimum absolute atomic E-state index is 0.0440. The number of ether oxygens (including phenoxy) is 1. The number of aromatic carboxylic acids is 1. The Morgan fingerprint density at radius 2 is 2.05 bits per heavy atom. The zero-order valence-electron chi connectivity index (χ0n) is 11.8. The third-order valence-corrected chi connectivity index (χ3v) is 4.43. The lowest BCUT2D eigenvalue weighted by atomic mass is 9.80. The number of fused-ring (bicyclic) bond motifs is 1. The molecule has 0 aliphatic carbocycles. The van der Waals surface area contributed by atoms with Gasteiger partial charge in [-0.2, -0.15) is 0 Å². The van der Waals surface area contributed by atoms with Crippen LogP contribution in [0.3, 0.4) is 0 Å². The van der Waals surface area contributed by atoms with Crippen LogP contribution in [-0.2, 0) is 0 Å². The van der Waals surface area contributed by atoms with Crippen LogP contribution >= 0.6 is 15.9 Å². The second-order valence-electron chi connectivity index (χ2n) is 5.57. The molecule has 0 saturated carbocycles. The Labute approximate surface area is 135 Å². The molecule has 0 saturated heterocycles. The first-order valence-electron chi connectivity index (χ1n) is 6.83.